The number of carbonyl (C=O) groups is 1. The zero-order chi connectivity index (χ0) is 15.7. The summed E-state index contributed by atoms with van der Waals surface area (Å²) in [5.41, 5.74) is 1.00. The fourth-order valence-electron chi connectivity index (χ4n) is 3.28. The van der Waals surface area contributed by atoms with Crippen LogP contribution in [0.25, 0.3) is 0 Å². The van der Waals surface area contributed by atoms with Crippen molar-refractivity contribution in [2.45, 2.75) is 31.4 Å². The number of fused-ring (bicyclic) bond motifs is 2. The summed E-state index contributed by atoms with van der Waals surface area (Å²) < 4.78 is 6.15. The van der Waals surface area contributed by atoms with Crippen LogP contribution in [0.1, 0.15) is 38.8 Å². The Bertz CT molecular complexity index is 692. The van der Waals surface area contributed by atoms with E-state index in [1.807, 2.05) is 6.07 Å². The normalized spacial score (nSPS) is 19.5. The van der Waals surface area contributed by atoms with Gasteiger partial charge in [-0.05, 0) is 37.6 Å². The highest BCUT2D eigenvalue weighted by atomic mass is 32.1. The summed E-state index contributed by atoms with van der Waals surface area (Å²) >= 11 is 1.57. The number of piperidine rings is 1. The van der Waals surface area contributed by atoms with E-state index in [0.717, 1.165) is 43.8 Å². The van der Waals surface area contributed by atoms with Gasteiger partial charge in [0.25, 0.3) is 5.91 Å². The van der Waals surface area contributed by atoms with Crippen molar-refractivity contribution >= 4 is 17.2 Å². The van der Waals surface area contributed by atoms with Crippen molar-refractivity contribution in [1.82, 2.24) is 31.3 Å². The molecule has 0 unspecified atom stereocenters. The molecule has 2 aromatic heterocycles. The lowest BCUT2D eigenvalue weighted by Crippen LogP contribution is -2.44. The molecular weight excluding hydrogens is 316 g/mol. The van der Waals surface area contributed by atoms with E-state index in [2.05, 4.69) is 31.3 Å². The van der Waals surface area contributed by atoms with Gasteiger partial charge >= 0.3 is 0 Å². The van der Waals surface area contributed by atoms with Gasteiger partial charge in [-0.25, -0.2) is 0 Å². The van der Waals surface area contributed by atoms with Gasteiger partial charge in [-0.15, -0.1) is 21.5 Å². The largest absolute Gasteiger partial charge is 0.370 e. The fraction of sp³-hybridized carbons (Fsp3) is 0.571. The number of rotatable bonds is 3. The van der Waals surface area contributed by atoms with Crippen LogP contribution in [0.15, 0.2) is 6.07 Å². The zero-order valence-corrected chi connectivity index (χ0v) is 13.4. The van der Waals surface area contributed by atoms with E-state index in [9.17, 15) is 4.79 Å². The molecule has 3 N–H and O–H groups in total. The van der Waals surface area contributed by atoms with E-state index in [0.29, 0.717) is 5.82 Å². The Morgan fingerprint density at radius 1 is 1.43 bits per heavy atom. The molecule has 9 heteroatoms. The van der Waals surface area contributed by atoms with Crippen molar-refractivity contribution in [2.24, 2.45) is 0 Å². The van der Waals surface area contributed by atoms with Crippen molar-refractivity contribution in [1.29, 1.82) is 0 Å². The lowest BCUT2D eigenvalue weighted by Gasteiger charge is -2.40. The summed E-state index contributed by atoms with van der Waals surface area (Å²) in [5, 5.41) is 19.7. The third kappa shape index (κ3) is 2.75. The number of aromatic amines is 1. The average molecular weight is 334 g/mol. The van der Waals surface area contributed by atoms with Gasteiger partial charge in [0.1, 0.15) is 0 Å². The van der Waals surface area contributed by atoms with Gasteiger partial charge in [0, 0.05) is 11.3 Å². The number of hydrogen-bond donors (Lipinski definition) is 3. The maximum absolute atomic E-state index is 12.4. The van der Waals surface area contributed by atoms with Gasteiger partial charge in [0.05, 0.1) is 23.6 Å². The molecule has 23 heavy (non-hydrogen) atoms. The predicted octanol–water partition coefficient (Wildman–Crippen LogP) is 0.343. The molecule has 0 aromatic carbocycles. The molecule has 8 nitrogen and oxygen atoms in total. The Morgan fingerprint density at radius 3 is 3.09 bits per heavy atom. The van der Waals surface area contributed by atoms with E-state index in [1.165, 1.54) is 10.4 Å². The molecule has 4 heterocycles. The monoisotopic (exact) mass is 334 g/mol. The number of carbonyl (C=O) groups excluding carboxylic acids is 1. The zero-order valence-electron chi connectivity index (χ0n) is 12.6. The van der Waals surface area contributed by atoms with Crippen molar-refractivity contribution in [3.63, 3.8) is 0 Å². The summed E-state index contributed by atoms with van der Waals surface area (Å²) in [6.07, 6.45) is 2.80. The molecule has 2 aliphatic heterocycles. The molecule has 0 aliphatic carbocycles. The van der Waals surface area contributed by atoms with E-state index in [4.69, 9.17) is 4.74 Å². The lowest BCUT2D eigenvalue weighted by molar-refractivity contribution is -0.0792. The number of amides is 1. The second-order valence-electron chi connectivity index (χ2n) is 5.80. The molecule has 0 bridgehead atoms. The van der Waals surface area contributed by atoms with Crippen LogP contribution in [0.2, 0.25) is 0 Å². The van der Waals surface area contributed by atoms with E-state index in [-0.39, 0.29) is 18.1 Å². The van der Waals surface area contributed by atoms with Crippen LogP contribution in [-0.2, 0) is 23.3 Å². The Labute approximate surface area is 137 Å². The fourth-order valence-corrected chi connectivity index (χ4v) is 4.42. The lowest BCUT2D eigenvalue weighted by atomic mass is 9.83. The number of nitrogens with zero attached hydrogens (tertiary/aromatic N) is 3. The first kappa shape index (κ1) is 14.7. The molecule has 4 rings (SSSR count). The molecule has 2 aromatic rings. The number of nitrogens with one attached hydrogen (secondary N) is 3. The first-order valence-electron chi connectivity index (χ1n) is 7.75. The second kappa shape index (κ2) is 5.99. The quantitative estimate of drug-likeness (QED) is 0.748. The molecule has 0 radical (unpaired) electrons. The van der Waals surface area contributed by atoms with Gasteiger partial charge in [-0.1, -0.05) is 5.21 Å². The third-order valence-electron chi connectivity index (χ3n) is 4.44. The number of ether oxygens (including phenoxy) is 1. The summed E-state index contributed by atoms with van der Waals surface area (Å²) in [6.45, 7) is 2.91. The summed E-state index contributed by atoms with van der Waals surface area (Å²) in [7, 11) is 0. The maximum Gasteiger partial charge on any atom is 0.261 e. The molecular formula is C14H18N6O2S. The summed E-state index contributed by atoms with van der Waals surface area (Å²) in [5.74, 6) is 0.371. The van der Waals surface area contributed by atoms with Crippen LogP contribution in [0.3, 0.4) is 0 Å². The Morgan fingerprint density at radius 2 is 2.30 bits per heavy atom. The predicted molar refractivity (Wildman–Crippen MR) is 83.1 cm³/mol. The minimum atomic E-state index is -0.207. The molecule has 1 spiro atoms. The van der Waals surface area contributed by atoms with Crippen LogP contribution in [0.5, 0.6) is 0 Å². The average Bonchev–Trinajstić information content (AvgIpc) is 3.24. The first-order valence-corrected chi connectivity index (χ1v) is 8.57. The maximum atomic E-state index is 12.4. The molecule has 1 fully saturated rings. The van der Waals surface area contributed by atoms with Crippen molar-refractivity contribution in [2.75, 3.05) is 19.7 Å². The van der Waals surface area contributed by atoms with Crippen molar-refractivity contribution in [3.05, 3.63) is 27.2 Å². The van der Waals surface area contributed by atoms with Crippen molar-refractivity contribution in [3.8, 4) is 0 Å². The number of tetrazole rings is 1. The topological polar surface area (TPSA) is 105 Å². The van der Waals surface area contributed by atoms with Crippen LogP contribution < -0.4 is 10.6 Å². The molecule has 0 atom stereocenters. The second-order valence-corrected chi connectivity index (χ2v) is 6.94. The van der Waals surface area contributed by atoms with Gasteiger partial charge in [-0.3, -0.25) is 4.79 Å². The number of H-pyrrole nitrogens is 1. The molecule has 1 saturated heterocycles. The summed E-state index contributed by atoms with van der Waals surface area (Å²) in [6, 6.07) is 2.01. The van der Waals surface area contributed by atoms with Crippen LogP contribution in [0, 0.1) is 0 Å². The smallest absolute Gasteiger partial charge is 0.261 e. The van der Waals surface area contributed by atoms with Crippen LogP contribution >= 0.6 is 11.3 Å². The van der Waals surface area contributed by atoms with Gasteiger partial charge in [0.15, 0.2) is 5.82 Å². The first-order chi connectivity index (χ1) is 11.3. The van der Waals surface area contributed by atoms with Crippen molar-refractivity contribution < 1.29 is 9.53 Å². The van der Waals surface area contributed by atoms with Gasteiger partial charge in [0.2, 0.25) is 0 Å². The third-order valence-corrected chi connectivity index (χ3v) is 5.63. The molecule has 2 aliphatic rings. The summed E-state index contributed by atoms with van der Waals surface area (Å²) in [4.78, 5) is 14.4. The molecule has 1 amide bonds. The number of thiophene rings is 1. The Hall–Kier alpha value is -1.84. The highest BCUT2D eigenvalue weighted by Crippen LogP contribution is 2.43. The van der Waals surface area contributed by atoms with E-state index >= 15 is 0 Å². The van der Waals surface area contributed by atoms with Gasteiger partial charge < -0.3 is 15.4 Å². The van der Waals surface area contributed by atoms with Gasteiger partial charge in [-0.2, -0.15) is 5.21 Å². The Balaban J connectivity index is 1.53. The minimum Gasteiger partial charge on any atom is -0.370 e. The SMILES string of the molecule is O=C(NCc1nn[nH]n1)c1cc2c(s1)CCOC21CCNCC1. The van der Waals surface area contributed by atoms with E-state index in [1.54, 1.807) is 11.3 Å². The molecule has 0 saturated carbocycles. The van der Waals surface area contributed by atoms with Crippen LogP contribution in [0.4, 0.5) is 0 Å². The number of hydrogen-bond acceptors (Lipinski definition) is 7. The highest BCUT2D eigenvalue weighted by molar-refractivity contribution is 7.14. The van der Waals surface area contributed by atoms with Crippen LogP contribution in [-0.4, -0.2) is 46.2 Å². The van der Waals surface area contributed by atoms with E-state index < -0.39 is 0 Å². The minimum absolute atomic E-state index is 0.0988. The standard InChI is InChI=1S/C14H18N6O2S/c21-13(16-8-12-17-19-20-18-12)11-7-9-10(23-11)1-6-22-14(9)2-4-15-5-3-14/h7,15H,1-6,8H2,(H,16,21)(H,17,18,19,20). The molecule has 122 valence electrons. The Kier molecular flexibility index (Phi) is 3.83. The highest BCUT2D eigenvalue weighted by Gasteiger charge is 2.40. The number of aromatic nitrogens is 4.